The van der Waals surface area contributed by atoms with E-state index in [4.69, 9.17) is 27.9 Å². The maximum absolute atomic E-state index is 11.7. The molecule has 0 radical (unpaired) electrons. The number of rotatable bonds is 1. The van der Waals surface area contributed by atoms with E-state index in [0.29, 0.717) is 15.8 Å². The van der Waals surface area contributed by atoms with Crippen LogP contribution < -0.4 is 15.0 Å². The number of ether oxygens (including phenoxy) is 1. The summed E-state index contributed by atoms with van der Waals surface area (Å²) in [5.41, 5.74) is 1.84. The Morgan fingerprint density at radius 1 is 1.20 bits per heavy atom. The molecule has 1 unspecified atom stereocenters. The van der Waals surface area contributed by atoms with Gasteiger partial charge in [-0.3, -0.25) is 4.79 Å². The lowest BCUT2D eigenvalue weighted by Crippen LogP contribution is -2.49. The van der Waals surface area contributed by atoms with Gasteiger partial charge >= 0.3 is 0 Å². The Morgan fingerprint density at radius 3 is 2.80 bits per heavy atom. The minimum Gasteiger partial charge on any atom is -0.455 e. The molecule has 2 aliphatic heterocycles. The molecular formula is C19H18Cl2N2O2. The zero-order chi connectivity index (χ0) is 17.6. The third-order valence-corrected chi connectivity index (χ3v) is 5.59. The van der Waals surface area contributed by atoms with Gasteiger partial charge in [0.25, 0.3) is 0 Å². The number of para-hydroxylation sites is 1. The fourth-order valence-corrected chi connectivity index (χ4v) is 4.27. The van der Waals surface area contributed by atoms with Crippen molar-refractivity contribution in [3.8, 4) is 11.5 Å². The zero-order valence-corrected chi connectivity index (χ0v) is 15.3. The maximum Gasteiger partial charge on any atom is 0.217 e. The summed E-state index contributed by atoms with van der Waals surface area (Å²) < 4.78 is 6.19. The molecular weight excluding hydrogens is 359 g/mol. The van der Waals surface area contributed by atoms with Crippen LogP contribution in [0.5, 0.6) is 11.5 Å². The van der Waals surface area contributed by atoms with Gasteiger partial charge in [-0.25, -0.2) is 0 Å². The number of halogens is 2. The zero-order valence-electron chi connectivity index (χ0n) is 13.8. The summed E-state index contributed by atoms with van der Waals surface area (Å²) in [4.78, 5) is 14.0. The molecule has 4 rings (SSSR count). The number of hydrogen-bond donors (Lipinski definition) is 1. The summed E-state index contributed by atoms with van der Waals surface area (Å²) in [7, 11) is 0. The molecule has 0 aromatic heterocycles. The van der Waals surface area contributed by atoms with Crippen LogP contribution in [0, 0.1) is 0 Å². The number of amides is 1. The molecule has 1 saturated heterocycles. The Bertz CT molecular complexity index is 840. The highest BCUT2D eigenvalue weighted by atomic mass is 35.5. The van der Waals surface area contributed by atoms with Crippen molar-refractivity contribution in [1.82, 2.24) is 5.32 Å². The van der Waals surface area contributed by atoms with Crippen molar-refractivity contribution in [2.24, 2.45) is 0 Å². The van der Waals surface area contributed by atoms with Gasteiger partial charge in [0.05, 0.1) is 22.1 Å². The molecule has 2 heterocycles. The highest BCUT2D eigenvalue weighted by molar-refractivity contribution is 6.44. The fraction of sp³-hybridized carbons (Fsp3) is 0.316. The quantitative estimate of drug-likeness (QED) is 0.765. The van der Waals surface area contributed by atoms with Gasteiger partial charge in [-0.2, -0.15) is 0 Å². The molecule has 6 heteroatoms. The van der Waals surface area contributed by atoms with Gasteiger partial charge < -0.3 is 15.0 Å². The molecule has 130 valence electrons. The predicted molar refractivity (Wildman–Crippen MR) is 99.9 cm³/mol. The van der Waals surface area contributed by atoms with Gasteiger partial charge in [0.15, 0.2) is 5.75 Å². The van der Waals surface area contributed by atoms with Crippen molar-refractivity contribution in [3.63, 3.8) is 0 Å². The van der Waals surface area contributed by atoms with Crippen LogP contribution in [-0.4, -0.2) is 18.5 Å². The van der Waals surface area contributed by atoms with E-state index in [-0.39, 0.29) is 18.0 Å². The summed E-state index contributed by atoms with van der Waals surface area (Å²) in [6.07, 6.45) is 1.86. The lowest BCUT2D eigenvalue weighted by Gasteiger charge is -2.42. The molecule has 25 heavy (non-hydrogen) atoms. The number of piperidine rings is 1. The van der Waals surface area contributed by atoms with Crippen LogP contribution >= 0.6 is 23.2 Å². The number of nitrogens with one attached hydrogen (secondary N) is 1. The number of carbonyl (C=O) groups is 1. The Kier molecular flexibility index (Phi) is 4.26. The second-order valence-electron chi connectivity index (χ2n) is 6.44. The van der Waals surface area contributed by atoms with Gasteiger partial charge in [0, 0.05) is 19.0 Å². The molecule has 0 saturated carbocycles. The van der Waals surface area contributed by atoms with Gasteiger partial charge in [0.2, 0.25) is 5.91 Å². The summed E-state index contributed by atoms with van der Waals surface area (Å²) in [6.45, 7) is 2.38. The molecule has 2 aromatic carbocycles. The van der Waals surface area contributed by atoms with Crippen molar-refractivity contribution >= 4 is 34.8 Å². The summed E-state index contributed by atoms with van der Waals surface area (Å²) >= 11 is 12.8. The van der Waals surface area contributed by atoms with Crippen LogP contribution in [-0.2, 0) is 4.79 Å². The first-order chi connectivity index (χ1) is 12.1. The number of benzene rings is 2. The van der Waals surface area contributed by atoms with E-state index < -0.39 is 0 Å². The number of nitrogens with zero attached hydrogens (tertiary/aromatic N) is 1. The van der Waals surface area contributed by atoms with Crippen molar-refractivity contribution in [3.05, 3.63) is 52.0 Å². The van der Waals surface area contributed by atoms with Crippen molar-refractivity contribution in [2.75, 3.05) is 11.4 Å². The molecule has 2 aromatic rings. The van der Waals surface area contributed by atoms with E-state index in [9.17, 15) is 4.79 Å². The van der Waals surface area contributed by atoms with E-state index in [2.05, 4.69) is 16.3 Å². The molecule has 1 fully saturated rings. The lowest BCUT2D eigenvalue weighted by molar-refractivity contribution is -0.119. The van der Waals surface area contributed by atoms with Crippen LogP contribution in [0.15, 0.2) is 36.4 Å². The van der Waals surface area contributed by atoms with Gasteiger partial charge in [-0.1, -0.05) is 41.4 Å². The first-order valence-corrected chi connectivity index (χ1v) is 9.10. The summed E-state index contributed by atoms with van der Waals surface area (Å²) in [5, 5.41) is 4.08. The van der Waals surface area contributed by atoms with E-state index >= 15 is 0 Å². The first kappa shape index (κ1) is 16.6. The largest absolute Gasteiger partial charge is 0.455 e. The molecule has 2 aliphatic rings. The first-order valence-electron chi connectivity index (χ1n) is 8.35. The highest BCUT2D eigenvalue weighted by Gasteiger charge is 2.39. The minimum atomic E-state index is -0.0499. The fourth-order valence-electron chi connectivity index (χ4n) is 3.85. The van der Waals surface area contributed by atoms with Crippen LogP contribution in [0.25, 0.3) is 0 Å². The molecule has 2 atom stereocenters. The molecule has 4 nitrogen and oxygen atoms in total. The molecule has 1 N–H and O–H groups in total. The molecule has 1 amide bonds. The Balaban J connectivity index is 1.92. The SMILES string of the molecule is CC(=O)NC1CCCN2c3c(ccc(Cl)c3Cl)Oc3ccccc3[C@H]12. The third kappa shape index (κ3) is 2.83. The number of carbonyl (C=O) groups excluding carboxylic acids is 1. The van der Waals surface area contributed by atoms with Crippen LogP contribution in [0.1, 0.15) is 31.4 Å². The van der Waals surface area contributed by atoms with E-state index in [1.54, 1.807) is 13.0 Å². The second-order valence-corrected chi connectivity index (χ2v) is 7.22. The average Bonchev–Trinajstić information content (AvgIpc) is 2.73. The summed E-state index contributed by atoms with van der Waals surface area (Å²) in [6, 6.07) is 11.5. The maximum atomic E-state index is 11.7. The van der Waals surface area contributed by atoms with Crippen LogP contribution in [0.4, 0.5) is 5.69 Å². The predicted octanol–water partition coefficient (Wildman–Crippen LogP) is 4.95. The van der Waals surface area contributed by atoms with Crippen molar-refractivity contribution < 1.29 is 9.53 Å². The molecule has 0 spiro atoms. The normalized spacial score (nSPS) is 21.3. The summed E-state index contributed by atoms with van der Waals surface area (Å²) in [5.74, 6) is 1.44. The van der Waals surface area contributed by atoms with Gasteiger partial charge in [-0.05, 0) is 31.0 Å². The second kappa shape index (κ2) is 6.43. The van der Waals surface area contributed by atoms with Crippen LogP contribution in [0.3, 0.4) is 0 Å². The average molecular weight is 377 g/mol. The third-order valence-electron chi connectivity index (χ3n) is 4.80. The van der Waals surface area contributed by atoms with E-state index in [1.807, 2.05) is 24.3 Å². The number of anilines is 1. The van der Waals surface area contributed by atoms with Crippen LogP contribution in [0.2, 0.25) is 10.0 Å². The van der Waals surface area contributed by atoms with Crippen molar-refractivity contribution in [2.45, 2.75) is 31.8 Å². The van der Waals surface area contributed by atoms with Crippen molar-refractivity contribution in [1.29, 1.82) is 0 Å². The smallest absolute Gasteiger partial charge is 0.217 e. The van der Waals surface area contributed by atoms with Gasteiger partial charge in [-0.15, -0.1) is 0 Å². The number of fused-ring (bicyclic) bond motifs is 5. The standard InChI is InChI=1S/C19H18Cl2N2O2/c1-11(24)22-14-6-4-10-23-18(14)12-5-2-3-7-15(12)25-16-9-8-13(20)17(21)19(16)23/h2-3,5,7-9,14,18H,4,6,10H2,1H3,(H,22,24)/t14?,18-/m1/s1. The minimum absolute atomic E-state index is 0.0167. The number of hydrogen-bond acceptors (Lipinski definition) is 3. The molecule has 0 bridgehead atoms. The Hall–Kier alpha value is -1.91. The Morgan fingerprint density at radius 2 is 2.00 bits per heavy atom. The Labute approximate surface area is 156 Å². The topological polar surface area (TPSA) is 41.6 Å². The molecule has 0 aliphatic carbocycles. The monoisotopic (exact) mass is 376 g/mol. The van der Waals surface area contributed by atoms with E-state index in [1.165, 1.54) is 0 Å². The van der Waals surface area contributed by atoms with Gasteiger partial charge in [0.1, 0.15) is 11.4 Å². The highest BCUT2D eigenvalue weighted by Crippen LogP contribution is 2.51. The van der Waals surface area contributed by atoms with E-state index in [0.717, 1.165) is 36.4 Å². The lowest BCUT2D eigenvalue weighted by atomic mass is 9.89.